The van der Waals surface area contributed by atoms with Gasteiger partial charge in [0.2, 0.25) is 0 Å². The Morgan fingerprint density at radius 1 is 0.500 bits per heavy atom. The maximum Gasteiger partial charge on any atom is -0.172 e. The van der Waals surface area contributed by atoms with E-state index in [2.05, 4.69) is 99.9 Å². The van der Waals surface area contributed by atoms with Gasteiger partial charge in [0, 0.05) is 0 Å². The van der Waals surface area contributed by atoms with Crippen LogP contribution in [0.15, 0.2) is 131 Å². The molecule has 4 aromatic rings. The number of benzene rings is 2. The zero-order valence-electron chi connectivity index (χ0n) is 22.5. The van der Waals surface area contributed by atoms with Crippen molar-refractivity contribution in [1.29, 1.82) is 0 Å². The monoisotopic (exact) mass is 686 g/mol. The van der Waals surface area contributed by atoms with E-state index in [-0.39, 0.29) is 0 Å². The van der Waals surface area contributed by atoms with E-state index in [1.165, 1.54) is 34.1 Å². The van der Waals surface area contributed by atoms with Crippen molar-refractivity contribution < 1.29 is 23.0 Å². The second-order valence-electron chi connectivity index (χ2n) is 11.0. The zero-order chi connectivity index (χ0) is 26.2. The van der Waals surface area contributed by atoms with Gasteiger partial charge in [-0.25, -0.2) is 24.3 Å². The van der Waals surface area contributed by atoms with Gasteiger partial charge in [-0.15, -0.1) is 0 Å². The average Bonchev–Trinajstić information content (AvgIpc) is 3.63. The molecule has 0 spiro atoms. The Morgan fingerprint density at radius 2 is 0.806 bits per heavy atom. The van der Waals surface area contributed by atoms with E-state index in [0.29, 0.717) is 0 Å². The second kappa shape index (κ2) is 13.1. The van der Waals surface area contributed by atoms with Crippen LogP contribution >= 0.6 is 0 Å². The Kier molecular flexibility index (Phi) is 10.4. The molecule has 0 N–H and O–H groups in total. The summed E-state index contributed by atoms with van der Waals surface area (Å²) in [6.45, 7) is 15.4. The van der Waals surface area contributed by atoms with Gasteiger partial charge < -0.3 is 0 Å². The van der Waals surface area contributed by atoms with Crippen LogP contribution in [0.1, 0.15) is 11.1 Å². The topological polar surface area (TPSA) is 0 Å². The third kappa shape index (κ3) is 7.58. The van der Waals surface area contributed by atoms with E-state index in [4.69, 9.17) is 0 Å². The Morgan fingerprint density at radius 3 is 1.03 bits per heavy atom. The predicted molar refractivity (Wildman–Crippen MR) is 163 cm³/mol. The van der Waals surface area contributed by atoms with Crippen molar-refractivity contribution in [3.63, 3.8) is 0 Å². The fourth-order valence-electron chi connectivity index (χ4n) is 4.55. The normalized spacial score (nSPS) is 13.7. The Balaban J connectivity index is 0.000000297. The van der Waals surface area contributed by atoms with Gasteiger partial charge in [0.15, 0.2) is 0 Å². The molecule has 0 aromatic heterocycles. The van der Waals surface area contributed by atoms with Crippen LogP contribution in [0.5, 0.6) is 0 Å². The van der Waals surface area contributed by atoms with E-state index in [1.54, 1.807) is 11.1 Å². The van der Waals surface area contributed by atoms with Crippen LogP contribution in [0.25, 0.3) is 11.1 Å². The fraction of sp³-hybridized carbons (Fsp3) is 0.188. The molecule has 0 fully saturated rings. The maximum absolute atomic E-state index is 2.56. The summed E-state index contributed by atoms with van der Waals surface area (Å²) in [5, 5.41) is 0. The maximum atomic E-state index is 2.56. The van der Waals surface area contributed by atoms with Crippen LogP contribution in [0.3, 0.4) is 0 Å². The Hall–Kier alpha value is -1.86. The number of hydrogen-bond acceptors (Lipinski definition) is 0. The fourth-order valence-corrected chi connectivity index (χ4v) is 42.0. The molecule has 0 atom stereocenters. The van der Waals surface area contributed by atoms with Gasteiger partial charge in [0.05, 0.1) is 0 Å². The Bertz CT molecular complexity index is 1130. The quantitative estimate of drug-likeness (QED) is 0.149. The third-order valence-electron chi connectivity index (χ3n) is 5.99. The van der Waals surface area contributed by atoms with Gasteiger partial charge in [-0.2, -0.15) is 36.4 Å². The van der Waals surface area contributed by atoms with Gasteiger partial charge in [-0.3, -0.25) is 0 Å². The number of hydrogen-bond donors (Lipinski definition) is 0. The molecular formula is C32H38HfSi3. The van der Waals surface area contributed by atoms with Crippen molar-refractivity contribution >= 4 is 32.8 Å². The molecule has 0 unspecified atom stereocenters. The second-order valence-corrected chi connectivity index (χ2v) is 29.2. The first kappa shape index (κ1) is 28.7. The molecule has 1 aliphatic heterocycles. The Labute approximate surface area is 235 Å². The summed E-state index contributed by atoms with van der Waals surface area (Å²) in [7, 11) is -2.78. The van der Waals surface area contributed by atoms with Gasteiger partial charge >= 0.3 is 177 Å². The summed E-state index contributed by atoms with van der Waals surface area (Å²) in [5.74, 6) is 0. The van der Waals surface area contributed by atoms with Gasteiger partial charge in [0.1, 0.15) is 0 Å². The molecule has 0 aliphatic carbocycles. The molecule has 4 heteroatoms. The van der Waals surface area contributed by atoms with Crippen LogP contribution in [-0.4, -0.2) is 21.6 Å². The van der Waals surface area contributed by atoms with Gasteiger partial charge in [0.25, 0.3) is 0 Å². The smallest absolute Gasteiger partial charge is 0.172 e. The minimum Gasteiger partial charge on any atom is -0.214 e. The van der Waals surface area contributed by atoms with Gasteiger partial charge in [-0.1, -0.05) is 0 Å². The third-order valence-corrected chi connectivity index (χ3v) is 27.8. The summed E-state index contributed by atoms with van der Waals surface area (Å²) >= 11 is 1.32. The van der Waals surface area contributed by atoms with Crippen LogP contribution in [-0.2, 0) is 23.0 Å². The molecule has 4 aromatic carbocycles. The van der Waals surface area contributed by atoms with Crippen molar-refractivity contribution in [1.82, 2.24) is 0 Å². The largest absolute Gasteiger partial charge is 0.214 e. The van der Waals surface area contributed by atoms with E-state index >= 15 is 0 Å². The van der Waals surface area contributed by atoms with E-state index < -0.39 is 21.6 Å². The van der Waals surface area contributed by atoms with E-state index in [1.807, 2.05) is 70.3 Å². The first-order valence-electron chi connectivity index (χ1n) is 12.7. The molecule has 0 bridgehead atoms. The summed E-state index contributed by atoms with van der Waals surface area (Å²) < 4.78 is 0. The summed E-state index contributed by atoms with van der Waals surface area (Å²) in [6, 6.07) is 42.5. The van der Waals surface area contributed by atoms with Crippen LogP contribution in [0.2, 0.25) is 39.3 Å². The van der Waals surface area contributed by atoms with Crippen molar-refractivity contribution in [2.24, 2.45) is 0 Å². The van der Waals surface area contributed by atoms with Crippen molar-refractivity contribution in [2.45, 2.75) is 39.3 Å². The molecule has 0 amide bonds. The van der Waals surface area contributed by atoms with Crippen molar-refractivity contribution in [2.75, 3.05) is 0 Å². The molecule has 0 nitrogen and oxygen atoms in total. The summed E-state index contributed by atoms with van der Waals surface area (Å²) in [4.78, 5) is 3.80. The molecule has 5 rings (SSSR count). The molecular weight excluding hydrogens is 647 g/mol. The minimum absolute atomic E-state index is 0.518. The predicted octanol–water partition coefficient (Wildman–Crippen LogP) is 9.09. The van der Waals surface area contributed by atoms with E-state index in [9.17, 15) is 0 Å². The number of rotatable bonds is 4. The number of allylic oxidation sites excluding steroid dienone is 2. The molecule has 36 heavy (non-hydrogen) atoms. The van der Waals surface area contributed by atoms with E-state index in [0.717, 1.165) is 0 Å². The SMILES string of the molecule is C[Si](C)(C)C1=C(c2ccccc2)C(c2ccccc2)=C([Si](C)(C)C)[Si]1=[Hf+2].c1cc[cH-]c1.c1cc[cH-]c1. The molecule has 1 aliphatic rings. The van der Waals surface area contributed by atoms with Crippen molar-refractivity contribution in [3.05, 3.63) is 142 Å². The minimum atomic E-state index is -1.39. The molecule has 1 heterocycles. The molecule has 0 saturated heterocycles. The molecule has 182 valence electrons. The van der Waals surface area contributed by atoms with Crippen LogP contribution in [0, 0.1) is 0 Å². The standard InChI is InChI=1S/C22H28Si3.2C5H5.Hf/c1-24(2,3)21-19(17-13-9-7-10-14-17)20(18-15-11-8-12-16-18)22(23-21)25(4,5)6;2*1-2-4-5-3-1;/h7-16H,1-6H3;2*1-5H;/q;2*-1;+2. The first-order valence-corrected chi connectivity index (χ1v) is 26.5. The summed E-state index contributed by atoms with van der Waals surface area (Å²) in [5.41, 5.74) is 5.61. The van der Waals surface area contributed by atoms with Gasteiger partial charge in [-0.05, 0) is 0 Å². The van der Waals surface area contributed by atoms with Crippen LogP contribution in [0.4, 0.5) is 0 Å². The summed E-state index contributed by atoms with van der Waals surface area (Å²) in [6.07, 6.45) is 0. The first-order chi connectivity index (χ1) is 17.1. The average molecular weight is 685 g/mol. The molecule has 0 saturated carbocycles. The van der Waals surface area contributed by atoms with Crippen molar-refractivity contribution in [3.8, 4) is 0 Å². The zero-order valence-corrected chi connectivity index (χ0v) is 29.1. The molecule has 0 radical (unpaired) electrons. The van der Waals surface area contributed by atoms with Crippen LogP contribution < -0.4 is 0 Å².